The summed E-state index contributed by atoms with van der Waals surface area (Å²) in [5, 5.41) is 0. The lowest BCUT2D eigenvalue weighted by Crippen LogP contribution is -2.09. The highest BCUT2D eigenvalue weighted by Gasteiger charge is 2.07. The first kappa shape index (κ1) is 8.62. The second-order valence-corrected chi connectivity index (χ2v) is 3.22. The Morgan fingerprint density at radius 2 is 2.36 bits per heavy atom. The maximum atomic E-state index is 12.9. The lowest BCUT2D eigenvalue weighted by atomic mass is 10.2. The topological polar surface area (TPSA) is 38.9 Å². The van der Waals surface area contributed by atoms with Crippen LogP contribution in [0.3, 0.4) is 0 Å². The van der Waals surface area contributed by atoms with Crippen LogP contribution >= 0.6 is 15.9 Å². The highest BCUT2D eigenvalue weighted by atomic mass is 79.9. The molecule has 11 heavy (non-hydrogen) atoms. The van der Waals surface area contributed by atoms with Gasteiger partial charge in [-0.25, -0.2) is 4.39 Å². The highest BCUT2D eigenvalue weighted by Crippen LogP contribution is 2.15. The molecule has 0 radical (unpaired) electrons. The summed E-state index contributed by atoms with van der Waals surface area (Å²) in [6.07, 6.45) is 1.53. The first-order chi connectivity index (χ1) is 5.11. The van der Waals surface area contributed by atoms with Crippen molar-refractivity contribution in [2.45, 2.75) is 13.0 Å². The third kappa shape index (κ3) is 1.97. The molecule has 60 valence electrons. The van der Waals surface area contributed by atoms with Crippen LogP contribution in [-0.2, 0) is 0 Å². The van der Waals surface area contributed by atoms with E-state index in [1.54, 1.807) is 6.92 Å². The second-order valence-electron chi connectivity index (χ2n) is 2.31. The number of hydrogen-bond acceptors (Lipinski definition) is 2. The molecule has 4 heteroatoms. The molecule has 0 unspecified atom stereocenters. The molecule has 0 saturated heterocycles. The van der Waals surface area contributed by atoms with Crippen LogP contribution in [0.5, 0.6) is 0 Å². The minimum atomic E-state index is -0.366. The fourth-order valence-corrected chi connectivity index (χ4v) is 1.06. The standard InChI is InChI=1S/C7H8BrFN2/c1-4(10)7-6(9)2-5(8)3-11-7/h2-4H,10H2,1H3/t4-/m0/s1. The number of rotatable bonds is 1. The predicted octanol–water partition coefficient (Wildman–Crippen LogP) is 2.00. The molecule has 1 rings (SSSR count). The van der Waals surface area contributed by atoms with Gasteiger partial charge in [0.05, 0.1) is 5.69 Å². The fraction of sp³-hybridized carbons (Fsp3) is 0.286. The van der Waals surface area contributed by atoms with Crippen LogP contribution in [0.15, 0.2) is 16.7 Å². The van der Waals surface area contributed by atoms with E-state index in [-0.39, 0.29) is 11.9 Å². The SMILES string of the molecule is C[C@H](N)c1ncc(Br)cc1F. The van der Waals surface area contributed by atoms with E-state index in [2.05, 4.69) is 20.9 Å². The largest absolute Gasteiger partial charge is 0.323 e. The predicted molar refractivity (Wildman–Crippen MR) is 44.5 cm³/mol. The Bertz CT molecular complexity index is 263. The van der Waals surface area contributed by atoms with Crippen molar-refractivity contribution in [3.05, 3.63) is 28.2 Å². The summed E-state index contributed by atoms with van der Waals surface area (Å²) in [7, 11) is 0. The van der Waals surface area contributed by atoms with Gasteiger partial charge in [0.15, 0.2) is 0 Å². The van der Waals surface area contributed by atoms with Crippen molar-refractivity contribution < 1.29 is 4.39 Å². The first-order valence-corrected chi connectivity index (χ1v) is 3.97. The Balaban J connectivity index is 3.09. The van der Waals surface area contributed by atoms with Crippen LogP contribution in [0.2, 0.25) is 0 Å². The van der Waals surface area contributed by atoms with Crippen molar-refractivity contribution in [3.8, 4) is 0 Å². The van der Waals surface area contributed by atoms with Crippen molar-refractivity contribution in [3.63, 3.8) is 0 Å². The lowest BCUT2D eigenvalue weighted by Gasteiger charge is -2.04. The van der Waals surface area contributed by atoms with Gasteiger partial charge in [-0.3, -0.25) is 4.98 Å². The molecule has 0 amide bonds. The molecule has 2 N–H and O–H groups in total. The summed E-state index contributed by atoms with van der Waals surface area (Å²) in [4.78, 5) is 3.83. The van der Waals surface area contributed by atoms with Crippen molar-refractivity contribution >= 4 is 15.9 Å². The van der Waals surface area contributed by atoms with Gasteiger partial charge in [0.2, 0.25) is 0 Å². The third-order valence-corrected chi connectivity index (χ3v) is 1.70. The molecule has 0 aliphatic rings. The number of hydrogen-bond donors (Lipinski definition) is 1. The summed E-state index contributed by atoms with van der Waals surface area (Å²) in [6, 6.07) is 0.995. The van der Waals surface area contributed by atoms with Gasteiger partial charge in [-0.2, -0.15) is 0 Å². The van der Waals surface area contributed by atoms with E-state index >= 15 is 0 Å². The molecule has 0 saturated carbocycles. The average molecular weight is 219 g/mol. The van der Waals surface area contributed by atoms with Gasteiger partial charge in [-0.15, -0.1) is 0 Å². The number of aromatic nitrogens is 1. The molecule has 0 aromatic carbocycles. The van der Waals surface area contributed by atoms with Gasteiger partial charge in [0, 0.05) is 16.7 Å². The Hall–Kier alpha value is -0.480. The second kappa shape index (κ2) is 3.28. The maximum Gasteiger partial charge on any atom is 0.147 e. The van der Waals surface area contributed by atoms with Crippen molar-refractivity contribution in [1.29, 1.82) is 0 Å². The average Bonchev–Trinajstić information content (AvgIpc) is 1.85. The Labute approximate surface area is 72.8 Å². The van der Waals surface area contributed by atoms with Crippen molar-refractivity contribution in [2.24, 2.45) is 5.73 Å². The smallest absolute Gasteiger partial charge is 0.147 e. The van der Waals surface area contributed by atoms with Crippen molar-refractivity contribution in [2.75, 3.05) is 0 Å². The van der Waals surface area contributed by atoms with Gasteiger partial charge in [0.1, 0.15) is 5.82 Å². The molecule has 2 nitrogen and oxygen atoms in total. The highest BCUT2D eigenvalue weighted by molar-refractivity contribution is 9.10. The molecule has 1 heterocycles. The van der Waals surface area contributed by atoms with Crippen LogP contribution in [-0.4, -0.2) is 4.98 Å². The summed E-state index contributed by atoms with van der Waals surface area (Å²) in [6.45, 7) is 1.69. The summed E-state index contributed by atoms with van der Waals surface area (Å²) in [5.74, 6) is -0.366. The summed E-state index contributed by atoms with van der Waals surface area (Å²) < 4.78 is 13.6. The summed E-state index contributed by atoms with van der Waals surface area (Å²) in [5.41, 5.74) is 5.75. The molecule has 0 spiro atoms. The maximum absolute atomic E-state index is 12.9. The molecule has 1 aromatic rings. The molecule has 0 bridgehead atoms. The number of nitrogens with two attached hydrogens (primary N) is 1. The van der Waals surface area contributed by atoms with E-state index in [1.165, 1.54) is 12.3 Å². The van der Waals surface area contributed by atoms with E-state index in [1.807, 2.05) is 0 Å². The number of nitrogens with zero attached hydrogens (tertiary/aromatic N) is 1. The van der Waals surface area contributed by atoms with Gasteiger partial charge in [-0.1, -0.05) is 0 Å². The molecular weight excluding hydrogens is 211 g/mol. The van der Waals surface area contributed by atoms with Gasteiger partial charge in [0.25, 0.3) is 0 Å². The molecule has 1 aromatic heterocycles. The Morgan fingerprint density at radius 1 is 1.73 bits per heavy atom. The quantitative estimate of drug-likeness (QED) is 0.784. The van der Waals surface area contributed by atoms with Crippen LogP contribution in [0, 0.1) is 5.82 Å². The van der Waals surface area contributed by atoms with Crippen LogP contribution in [0.25, 0.3) is 0 Å². The first-order valence-electron chi connectivity index (χ1n) is 3.18. The number of halogens is 2. The van der Waals surface area contributed by atoms with Crippen LogP contribution in [0.4, 0.5) is 4.39 Å². The van der Waals surface area contributed by atoms with Crippen LogP contribution < -0.4 is 5.73 Å². The minimum Gasteiger partial charge on any atom is -0.323 e. The minimum absolute atomic E-state index is 0.299. The van der Waals surface area contributed by atoms with E-state index in [4.69, 9.17) is 5.73 Å². The summed E-state index contributed by atoms with van der Waals surface area (Å²) >= 11 is 3.10. The Morgan fingerprint density at radius 3 is 2.82 bits per heavy atom. The fourth-order valence-electron chi connectivity index (χ4n) is 0.760. The monoisotopic (exact) mass is 218 g/mol. The molecule has 0 fully saturated rings. The zero-order chi connectivity index (χ0) is 8.43. The van der Waals surface area contributed by atoms with Crippen LogP contribution in [0.1, 0.15) is 18.7 Å². The zero-order valence-electron chi connectivity index (χ0n) is 6.01. The third-order valence-electron chi connectivity index (χ3n) is 1.27. The van der Waals surface area contributed by atoms with Gasteiger partial charge >= 0.3 is 0 Å². The van der Waals surface area contributed by atoms with E-state index in [0.717, 1.165) is 0 Å². The lowest BCUT2D eigenvalue weighted by molar-refractivity contribution is 0.578. The van der Waals surface area contributed by atoms with Crippen molar-refractivity contribution in [1.82, 2.24) is 4.98 Å². The van der Waals surface area contributed by atoms with E-state index in [9.17, 15) is 4.39 Å². The normalized spacial score (nSPS) is 13.1. The van der Waals surface area contributed by atoms with E-state index in [0.29, 0.717) is 10.2 Å². The zero-order valence-corrected chi connectivity index (χ0v) is 7.60. The van der Waals surface area contributed by atoms with Gasteiger partial charge < -0.3 is 5.73 Å². The number of pyridine rings is 1. The Kier molecular flexibility index (Phi) is 2.57. The molecule has 1 atom stereocenters. The van der Waals surface area contributed by atoms with E-state index < -0.39 is 0 Å². The van der Waals surface area contributed by atoms with Gasteiger partial charge in [-0.05, 0) is 28.9 Å². The molecule has 0 aliphatic heterocycles. The molecular formula is C7H8BrFN2. The molecule has 0 aliphatic carbocycles.